The van der Waals surface area contributed by atoms with Gasteiger partial charge in [-0.25, -0.2) is 4.79 Å². The minimum Gasteiger partial charge on any atom is -0.459 e. The number of rotatable bonds is 3. The topological polar surface area (TPSA) is 81.4 Å². The number of nitrogens with two attached hydrogens (primary N) is 1. The van der Waals surface area contributed by atoms with Crippen molar-refractivity contribution in [3.05, 3.63) is 29.8 Å². The lowest BCUT2D eigenvalue weighted by Crippen LogP contribution is -2.32. The number of ether oxygens (including phenoxy) is 1. The fraction of sp³-hybridized carbons (Fsp3) is 0.273. The number of nitrogens with one attached hydrogen (secondary N) is 1. The van der Waals surface area contributed by atoms with Crippen LogP contribution in [0.15, 0.2) is 24.3 Å². The van der Waals surface area contributed by atoms with Crippen LogP contribution < -0.4 is 11.1 Å². The summed E-state index contributed by atoms with van der Waals surface area (Å²) in [6, 6.07) is 7.06. The summed E-state index contributed by atoms with van der Waals surface area (Å²) in [5.41, 5.74) is 7.01. The van der Waals surface area contributed by atoms with Crippen molar-refractivity contribution in [1.29, 1.82) is 0 Å². The van der Waals surface area contributed by atoms with Crippen LogP contribution in [0, 0.1) is 0 Å². The summed E-state index contributed by atoms with van der Waals surface area (Å²) in [6.45, 7) is 2.08. The van der Waals surface area contributed by atoms with Gasteiger partial charge in [0, 0.05) is 12.2 Å². The van der Waals surface area contributed by atoms with Crippen LogP contribution in [0.1, 0.15) is 12.5 Å². The highest BCUT2D eigenvalue weighted by molar-refractivity contribution is 6.32. The van der Waals surface area contributed by atoms with Gasteiger partial charge in [0.05, 0.1) is 6.61 Å². The van der Waals surface area contributed by atoms with Crippen molar-refractivity contribution < 1.29 is 14.3 Å². The summed E-state index contributed by atoms with van der Waals surface area (Å²) in [6.07, 6.45) is 0. The van der Waals surface area contributed by atoms with Crippen molar-refractivity contribution in [3.8, 4) is 0 Å². The van der Waals surface area contributed by atoms with E-state index < -0.39 is 11.9 Å². The average Bonchev–Trinajstić information content (AvgIpc) is 2.26. The van der Waals surface area contributed by atoms with Gasteiger partial charge < -0.3 is 15.8 Å². The van der Waals surface area contributed by atoms with Gasteiger partial charge >= 0.3 is 11.9 Å². The summed E-state index contributed by atoms with van der Waals surface area (Å²) in [7, 11) is 0. The number of anilines is 1. The summed E-state index contributed by atoms with van der Waals surface area (Å²) in [4.78, 5) is 22.1. The summed E-state index contributed by atoms with van der Waals surface area (Å²) < 4.78 is 4.54. The Labute approximate surface area is 93.6 Å². The van der Waals surface area contributed by atoms with Crippen LogP contribution in [0.2, 0.25) is 0 Å². The zero-order valence-electron chi connectivity index (χ0n) is 9.03. The van der Waals surface area contributed by atoms with E-state index in [0.717, 1.165) is 5.56 Å². The third-order valence-corrected chi connectivity index (χ3v) is 1.86. The van der Waals surface area contributed by atoms with E-state index in [9.17, 15) is 9.59 Å². The van der Waals surface area contributed by atoms with E-state index >= 15 is 0 Å². The maximum Gasteiger partial charge on any atom is 0.396 e. The second-order valence-electron chi connectivity index (χ2n) is 3.15. The van der Waals surface area contributed by atoms with Gasteiger partial charge in [-0.05, 0) is 24.6 Å². The van der Waals surface area contributed by atoms with E-state index in [0.29, 0.717) is 5.69 Å². The first-order valence-electron chi connectivity index (χ1n) is 4.93. The molecule has 0 radical (unpaired) electrons. The van der Waals surface area contributed by atoms with Crippen LogP contribution in [0.25, 0.3) is 0 Å². The molecule has 1 aromatic rings. The number of benzene rings is 1. The highest BCUT2D eigenvalue weighted by atomic mass is 16.5. The molecule has 0 aliphatic rings. The second-order valence-corrected chi connectivity index (χ2v) is 3.15. The molecule has 5 heteroatoms. The van der Waals surface area contributed by atoms with Crippen LogP contribution in [-0.2, 0) is 20.9 Å². The fourth-order valence-corrected chi connectivity index (χ4v) is 1.15. The highest BCUT2D eigenvalue weighted by Gasteiger charge is 2.13. The molecule has 0 unspecified atom stereocenters. The van der Waals surface area contributed by atoms with Crippen molar-refractivity contribution in [3.63, 3.8) is 0 Å². The van der Waals surface area contributed by atoms with Crippen LogP contribution in [0.3, 0.4) is 0 Å². The van der Waals surface area contributed by atoms with E-state index in [-0.39, 0.29) is 13.2 Å². The largest absolute Gasteiger partial charge is 0.459 e. The second kappa shape index (κ2) is 5.75. The Hall–Kier alpha value is -2.04. The molecule has 3 N–H and O–H groups in total. The first-order chi connectivity index (χ1) is 7.63. The molecule has 1 aromatic carbocycles. The molecule has 16 heavy (non-hydrogen) atoms. The zero-order valence-corrected chi connectivity index (χ0v) is 9.03. The lowest BCUT2D eigenvalue weighted by molar-refractivity contribution is -0.154. The van der Waals surface area contributed by atoms with Gasteiger partial charge in [-0.3, -0.25) is 4.79 Å². The Kier molecular flexibility index (Phi) is 4.32. The number of carbonyl (C=O) groups is 2. The lowest BCUT2D eigenvalue weighted by Gasteiger charge is -2.05. The number of hydrogen-bond acceptors (Lipinski definition) is 4. The molecule has 0 aliphatic heterocycles. The van der Waals surface area contributed by atoms with E-state index in [1.54, 1.807) is 25.1 Å². The molecule has 0 atom stereocenters. The Bertz CT molecular complexity index is 391. The molecular formula is C11H14N2O3. The molecule has 0 bridgehead atoms. The van der Waals surface area contributed by atoms with Crippen molar-refractivity contribution >= 4 is 17.6 Å². The van der Waals surface area contributed by atoms with Crippen molar-refractivity contribution in [2.75, 3.05) is 12.3 Å². The molecule has 0 aromatic heterocycles. The van der Waals surface area contributed by atoms with E-state index in [2.05, 4.69) is 10.1 Å². The number of nitrogen functional groups attached to an aromatic ring is 1. The van der Waals surface area contributed by atoms with Crippen molar-refractivity contribution in [1.82, 2.24) is 5.32 Å². The predicted octanol–water partition coefficient (Wildman–Crippen LogP) is 0.448. The molecule has 1 amide bonds. The van der Waals surface area contributed by atoms with Gasteiger partial charge in [-0.2, -0.15) is 0 Å². The number of esters is 1. The lowest BCUT2D eigenvalue weighted by atomic mass is 10.2. The van der Waals surface area contributed by atoms with Gasteiger partial charge in [-0.15, -0.1) is 0 Å². The van der Waals surface area contributed by atoms with Crippen LogP contribution >= 0.6 is 0 Å². The van der Waals surface area contributed by atoms with E-state index in [1.807, 2.05) is 6.07 Å². The maximum atomic E-state index is 11.2. The number of amides is 1. The first-order valence-corrected chi connectivity index (χ1v) is 4.93. The van der Waals surface area contributed by atoms with Crippen molar-refractivity contribution in [2.45, 2.75) is 13.5 Å². The van der Waals surface area contributed by atoms with E-state index in [1.165, 1.54) is 0 Å². The standard InChI is InChI=1S/C11H14N2O3/c1-2-16-11(15)10(14)13-7-8-4-3-5-9(12)6-8/h3-6H,2,7,12H2,1H3,(H,13,14). The van der Waals surface area contributed by atoms with Crippen LogP contribution in [0.5, 0.6) is 0 Å². The van der Waals surface area contributed by atoms with Crippen molar-refractivity contribution in [2.24, 2.45) is 0 Å². The molecule has 0 saturated heterocycles. The molecule has 1 rings (SSSR count). The maximum absolute atomic E-state index is 11.2. The van der Waals surface area contributed by atoms with Gasteiger partial charge in [0.1, 0.15) is 0 Å². The SMILES string of the molecule is CCOC(=O)C(=O)NCc1cccc(N)c1. The normalized spacial score (nSPS) is 9.56. The smallest absolute Gasteiger partial charge is 0.396 e. The number of hydrogen-bond donors (Lipinski definition) is 2. The summed E-state index contributed by atoms with van der Waals surface area (Å²) in [5, 5.41) is 2.44. The molecule has 0 aliphatic carbocycles. The predicted molar refractivity (Wildman–Crippen MR) is 59.3 cm³/mol. The van der Waals surface area contributed by atoms with Gasteiger partial charge in [0.2, 0.25) is 0 Å². The average molecular weight is 222 g/mol. The zero-order chi connectivity index (χ0) is 12.0. The van der Waals surface area contributed by atoms with Gasteiger partial charge in [0.15, 0.2) is 0 Å². The first kappa shape index (κ1) is 12.0. The highest BCUT2D eigenvalue weighted by Crippen LogP contribution is 2.05. The Morgan fingerprint density at radius 3 is 2.81 bits per heavy atom. The third kappa shape index (κ3) is 3.61. The Balaban J connectivity index is 2.46. The van der Waals surface area contributed by atoms with E-state index in [4.69, 9.17) is 5.73 Å². The Morgan fingerprint density at radius 2 is 2.19 bits per heavy atom. The molecule has 0 saturated carbocycles. The third-order valence-electron chi connectivity index (χ3n) is 1.86. The molecule has 0 spiro atoms. The molecular weight excluding hydrogens is 208 g/mol. The fourth-order valence-electron chi connectivity index (χ4n) is 1.15. The van der Waals surface area contributed by atoms with Crippen LogP contribution in [0.4, 0.5) is 5.69 Å². The monoisotopic (exact) mass is 222 g/mol. The molecule has 0 heterocycles. The quantitative estimate of drug-likeness (QED) is 0.442. The summed E-state index contributed by atoms with van der Waals surface area (Å²) in [5.74, 6) is -1.62. The molecule has 0 fully saturated rings. The Morgan fingerprint density at radius 1 is 1.44 bits per heavy atom. The van der Waals surface area contributed by atoms with Gasteiger partial charge in [0.25, 0.3) is 0 Å². The van der Waals surface area contributed by atoms with Crippen LogP contribution in [-0.4, -0.2) is 18.5 Å². The number of carbonyl (C=O) groups excluding carboxylic acids is 2. The van der Waals surface area contributed by atoms with Gasteiger partial charge in [-0.1, -0.05) is 12.1 Å². The minimum absolute atomic E-state index is 0.185. The molecule has 86 valence electrons. The summed E-state index contributed by atoms with van der Waals surface area (Å²) >= 11 is 0. The molecule has 5 nitrogen and oxygen atoms in total. The minimum atomic E-state index is -0.869.